The normalized spacial score (nSPS) is 22.3. The van der Waals surface area contributed by atoms with Gasteiger partial charge in [0.2, 0.25) is 5.91 Å². The van der Waals surface area contributed by atoms with E-state index in [1.54, 1.807) is 0 Å². The molecule has 0 spiro atoms. The fourth-order valence-corrected chi connectivity index (χ4v) is 3.31. The topological polar surface area (TPSA) is 20.3 Å². The van der Waals surface area contributed by atoms with E-state index in [0.29, 0.717) is 5.91 Å². The Hall–Kier alpha value is -1.31. The van der Waals surface area contributed by atoms with Crippen molar-refractivity contribution in [1.82, 2.24) is 4.90 Å². The fraction of sp³-hybridized carbons (Fsp3) is 0.562. The number of likely N-dealkylation sites (tertiary alicyclic amines) is 1. The molecule has 2 aliphatic rings. The smallest absolute Gasteiger partial charge is 0.233 e. The van der Waals surface area contributed by atoms with Crippen LogP contribution in [0.15, 0.2) is 30.3 Å². The number of rotatable bonds is 2. The number of benzene rings is 1. The van der Waals surface area contributed by atoms with Crippen molar-refractivity contribution >= 4 is 5.91 Å². The second-order valence-electron chi connectivity index (χ2n) is 5.65. The Morgan fingerprint density at radius 2 is 1.61 bits per heavy atom. The Morgan fingerprint density at radius 3 is 2.17 bits per heavy atom. The lowest BCUT2D eigenvalue weighted by Crippen LogP contribution is -2.52. The number of amides is 1. The number of carbonyl (C=O) groups is 1. The zero-order chi connectivity index (χ0) is 12.4. The number of hydrogen-bond donors (Lipinski definition) is 0. The van der Waals surface area contributed by atoms with Crippen molar-refractivity contribution in [1.29, 1.82) is 0 Å². The monoisotopic (exact) mass is 243 g/mol. The highest BCUT2D eigenvalue weighted by Crippen LogP contribution is 2.45. The Kier molecular flexibility index (Phi) is 3.11. The van der Waals surface area contributed by atoms with Gasteiger partial charge in [-0.25, -0.2) is 0 Å². The highest BCUT2D eigenvalue weighted by atomic mass is 16.2. The molecule has 2 heteroatoms. The maximum absolute atomic E-state index is 12.8. The highest BCUT2D eigenvalue weighted by molar-refractivity contribution is 5.89. The summed E-state index contributed by atoms with van der Waals surface area (Å²) in [5.74, 6) is 0.389. The first-order valence-corrected chi connectivity index (χ1v) is 7.18. The zero-order valence-corrected chi connectivity index (χ0v) is 10.9. The molecule has 1 saturated carbocycles. The van der Waals surface area contributed by atoms with Crippen molar-refractivity contribution in [2.45, 2.75) is 43.9 Å². The van der Waals surface area contributed by atoms with E-state index >= 15 is 0 Å². The van der Waals surface area contributed by atoms with Crippen molar-refractivity contribution in [2.24, 2.45) is 0 Å². The van der Waals surface area contributed by atoms with Crippen LogP contribution in [0.25, 0.3) is 0 Å². The lowest BCUT2D eigenvalue weighted by atomic mass is 9.63. The van der Waals surface area contributed by atoms with E-state index in [1.165, 1.54) is 31.2 Å². The van der Waals surface area contributed by atoms with E-state index in [-0.39, 0.29) is 5.41 Å². The maximum Gasteiger partial charge on any atom is 0.233 e. The molecule has 0 atom stereocenters. The molecule has 1 aliphatic heterocycles. The third kappa shape index (κ3) is 1.84. The predicted octanol–water partition coefficient (Wildman–Crippen LogP) is 3.12. The van der Waals surface area contributed by atoms with Crippen LogP contribution in [0.1, 0.15) is 44.1 Å². The van der Waals surface area contributed by atoms with Gasteiger partial charge in [0.25, 0.3) is 0 Å². The molecule has 0 radical (unpaired) electrons. The number of nitrogens with zero attached hydrogens (tertiary/aromatic N) is 1. The lowest BCUT2D eigenvalue weighted by Gasteiger charge is -2.45. The summed E-state index contributed by atoms with van der Waals surface area (Å²) in [5.41, 5.74) is 1.05. The molecule has 1 aromatic rings. The first kappa shape index (κ1) is 11.8. The van der Waals surface area contributed by atoms with Crippen LogP contribution in [-0.4, -0.2) is 23.9 Å². The Morgan fingerprint density at radius 1 is 0.944 bits per heavy atom. The van der Waals surface area contributed by atoms with E-state index < -0.39 is 0 Å². The Bertz CT molecular complexity index is 416. The fourth-order valence-electron chi connectivity index (χ4n) is 3.31. The molecule has 96 valence electrons. The molecular formula is C16H21NO. The van der Waals surface area contributed by atoms with E-state index in [9.17, 15) is 4.79 Å². The van der Waals surface area contributed by atoms with Gasteiger partial charge in [-0.1, -0.05) is 36.8 Å². The summed E-state index contributed by atoms with van der Waals surface area (Å²) in [4.78, 5) is 14.9. The molecule has 1 aromatic carbocycles. The molecule has 1 aliphatic carbocycles. The van der Waals surface area contributed by atoms with Gasteiger partial charge >= 0.3 is 0 Å². The lowest BCUT2D eigenvalue weighted by molar-refractivity contribution is -0.141. The van der Waals surface area contributed by atoms with Crippen molar-refractivity contribution in [2.75, 3.05) is 13.1 Å². The van der Waals surface area contributed by atoms with E-state index in [1.807, 2.05) is 6.07 Å². The zero-order valence-electron chi connectivity index (χ0n) is 10.9. The van der Waals surface area contributed by atoms with E-state index in [0.717, 1.165) is 25.9 Å². The second-order valence-corrected chi connectivity index (χ2v) is 5.65. The van der Waals surface area contributed by atoms with Gasteiger partial charge in [0.1, 0.15) is 0 Å². The van der Waals surface area contributed by atoms with Gasteiger partial charge in [-0.3, -0.25) is 4.79 Å². The summed E-state index contributed by atoms with van der Waals surface area (Å²) in [6.45, 7) is 1.93. The number of piperidine rings is 1. The molecule has 2 fully saturated rings. The average molecular weight is 243 g/mol. The summed E-state index contributed by atoms with van der Waals surface area (Å²) in [6.07, 6.45) is 6.89. The molecule has 2 nitrogen and oxygen atoms in total. The SMILES string of the molecule is O=C(N1CCCCC1)C1(c2ccccc2)CCC1. The van der Waals surface area contributed by atoms with Gasteiger partial charge in [0.05, 0.1) is 5.41 Å². The molecule has 1 amide bonds. The van der Waals surface area contributed by atoms with E-state index in [4.69, 9.17) is 0 Å². The van der Waals surface area contributed by atoms with Crippen LogP contribution in [0.2, 0.25) is 0 Å². The van der Waals surface area contributed by atoms with Gasteiger partial charge in [0.15, 0.2) is 0 Å². The minimum atomic E-state index is -0.182. The Balaban J connectivity index is 1.85. The van der Waals surface area contributed by atoms with Crippen molar-refractivity contribution < 1.29 is 4.79 Å². The molecule has 0 aromatic heterocycles. The van der Waals surface area contributed by atoms with Gasteiger partial charge in [0, 0.05) is 13.1 Å². The molecule has 18 heavy (non-hydrogen) atoms. The average Bonchev–Trinajstić information content (AvgIpc) is 2.40. The van der Waals surface area contributed by atoms with Crippen LogP contribution in [-0.2, 0) is 10.2 Å². The third-order valence-corrected chi connectivity index (χ3v) is 4.59. The first-order valence-electron chi connectivity index (χ1n) is 7.18. The molecule has 0 bridgehead atoms. The maximum atomic E-state index is 12.8. The van der Waals surface area contributed by atoms with Gasteiger partial charge in [-0.15, -0.1) is 0 Å². The summed E-state index contributed by atoms with van der Waals surface area (Å²) in [6, 6.07) is 10.4. The molecular weight excluding hydrogens is 222 g/mol. The molecule has 0 unspecified atom stereocenters. The van der Waals surface area contributed by atoms with Crippen LogP contribution in [0, 0.1) is 0 Å². The van der Waals surface area contributed by atoms with Crippen LogP contribution < -0.4 is 0 Å². The summed E-state index contributed by atoms with van der Waals surface area (Å²) < 4.78 is 0. The van der Waals surface area contributed by atoms with Crippen molar-refractivity contribution in [3.63, 3.8) is 0 Å². The van der Waals surface area contributed by atoms with Crippen LogP contribution in [0.3, 0.4) is 0 Å². The summed E-state index contributed by atoms with van der Waals surface area (Å²) >= 11 is 0. The minimum Gasteiger partial charge on any atom is -0.342 e. The van der Waals surface area contributed by atoms with Gasteiger partial charge in [-0.05, 0) is 37.7 Å². The first-order chi connectivity index (χ1) is 8.83. The minimum absolute atomic E-state index is 0.182. The van der Waals surface area contributed by atoms with Gasteiger partial charge < -0.3 is 4.90 Å². The Labute approximate surface area is 109 Å². The summed E-state index contributed by atoms with van der Waals surface area (Å²) in [5, 5.41) is 0. The molecule has 1 heterocycles. The quantitative estimate of drug-likeness (QED) is 0.781. The third-order valence-electron chi connectivity index (χ3n) is 4.59. The second kappa shape index (κ2) is 4.75. The molecule has 3 rings (SSSR count). The molecule has 1 saturated heterocycles. The van der Waals surface area contributed by atoms with Crippen molar-refractivity contribution in [3.8, 4) is 0 Å². The van der Waals surface area contributed by atoms with E-state index in [2.05, 4.69) is 29.2 Å². The largest absolute Gasteiger partial charge is 0.342 e. The van der Waals surface area contributed by atoms with Crippen LogP contribution in [0.5, 0.6) is 0 Å². The standard InChI is InChI=1S/C16H21NO/c18-15(17-12-5-2-6-13-17)16(10-7-11-16)14-8-3-1-4-9-14/h1,3-4,8-9H,2,5-7,10-13H2. The van der Waals surface area contributed by atoms with Gasteiger partial charge in [-0.2, -0.15) is 0 Å². The predicted molar refractivity (Wildman–Crippen MR) is 72.4 cm³/mol. The highest BCUT2D eigenvalue weighted by Gasteiger charge is 2.47. The number of hydrogen-bond acceptors (Lipinski definition) is 1. The molecule has 0 N–H and O–H groups in total. The summed E-state index contributed by atoms with van der Waals surface area (Å²) in [7, 11) is 0. The number of carbonyl (C=O) groups excluding carboxylic acids is 1. The van der Waals surface area contributed by atoms with Crippen LogP contribution >= 0.6 is 0 Å². The van der Waals surface area contributed by atoms with Crippen LogP contribution in [0.4, 0.5) is 0 Å². The van der Waals surface area contributed by atoms with Crippen molar-refractivity contribution in [3.05, 3.63) is 35.9 Å².